The summed E-state index contributed by atoms with van der Waals surface area (Å²) in [6.07, 6.45) is 0. The van der Waals surface area contributed by atoms with E-state index in [2.05, 4.69) is 32.6 Å². The summed E-state index contributed by atoms with van der Waals surface area (Å²) in [5.41, 5.74) is 2.24. The lowest BCUT2D eigenvalue weighted by atomic mass is 10.0. The predicted octanol–water partition coefficient (Wildman–Crippen LogP) is 2.67. The lowest BCUT2D eigenvalue weighted by Gasteiger charge is -2.35. The number of nitrogens with one attached hydrogen (secondary N) is 2. The monoisotopic (exact) mass is 426 g/mol. The Balaban J connectivity index is 1.66. The van der Waals surface area contributed by atoms with Gasteiger partial charge in [0.25, 0.3) is 0 Å². The topological polar surface area (TPSA) is 66.1 Å². The second kappa shape index (κ2) is 11.7. The number of morpholine rings is 1. The first kappa shape index (κ1) is 23.1. The molecule has 0 aliphatic carbocycles. The maximum Gasteiger partial charge on any atom is 0.315 e. The molecule has 0 spiro atoms. The van der Waals surface area contributed by atoms with Gasteiger partial charge in [-0.1, -0.05) is 42.5 Å². The molecule has 7 heteroatoms. The Morgan fingerprint density at radius 1 is 1.06 bits per heavy atom. The van der Waals surface area contributed by atoms with E-state index in [0.717, 1.165) is 36.5 Å². The van der Waals surface area contributed by atoms with Crippen LogP contribution in [0.2, 0.25) is 0 Å². The van der Waals surface area contributed by atoms with E-state index < -0.39 is 0 Å². The van der Waals surface area contributed by atoms with Crippen molar-refractivity contribution in [3.8, 4) is 5.75 Å². The number of carbonyl (C=O) groups is 1. The molecule has 2 aromatic rings. The number of rotatable bonds is 9. The predicted molar refractivity (Wildman–Crippen MR) is 122 cm³/mol. The number of likely N-dealkylation sites (N-methyl/N-ethyl adjacent to an activating group) is 1. The van der Waals surface area contributed by atoms with Gasteiger partial charge < -0.3 is 25.0 Å². The number of nitrogens with zero attached hydrogens (tertiary/aromatic N) is 2. The molecule has 168 valence electrons. The molecule has 1 aliphatic rings. The van der Waals surface area contributed by atoms with Crippen molar-refractivity contribution in [1.29, 1.82) is 0 Å². The molecule has 1 saturated heterocycles. The van der Waals surface area contributed by atoms with E-state index in [1.54, 1.807) is 7.11 Å². The van der Waals surface area contributed by atoms with Gasteiger partial charge in [-0.3, -0.25) is 4.90 Å². The van der Waals surface area contributed by atoms with Crippen LogP contribution < -0.4 is 15.4 Å². The van der Waals surface area contributed by atoms with E-state index in [0.29, 0.717) is 19.8 Å². The minimum Gasteiger partial charge on any atom is -0.497 e. The number of urea groups is 1. The molecule has 2 amide bonds. The minimum atomic E-state index is -0.164. The Hall–Kier alpha value is -2.61. The van der Waals surface area contributed by atoms with Gasteiger partial charge in [0.2, 0.25) is 0 Å². The van der Waals surface area contributed by atoms with E-state index in [4.69, 9.17) is 9.47 Å². The Morgan fingerprint density at radius 2 is 1.74 bits per heavy atom. The van der Waals surface area contributed by atoms with Crippen LogP contribution in [-0.2, 0) is 4.74 Å². The molecule has 1 heterocycles. The quantitative estimate of drug-likeness (QED) is 0.645. The first-order valence-electron chi connectivity index (χ1n) is 10.8. The zero-order valence-corrected chi connectivity index (χ0v) is 18.7. The number of amides is 2. The highest BCUT2D eigenvalue weighted by Crippen LogP contribution is 2.24. The third-order valence-corrected chi connectivity index (χ3v) is 5.50. The lowest BCUT2D eigenvalue weighted by Crippen LogP contribution is -2.47. The van der Waals surface area contributed by atoms with Gasteiger partial charge in [-0.2, -0.15) is 0 Å². The zero-order valence-electron chi connectivity index (χ0n) is 18.7. The average molecular weight is 427 g/mol. The van der Waals surface area contributed by atoms with E-state index >= 15 is 0 Å². The summed E-state index contributed by atoms with van der Waals surface area (Å²) in [5, 5.41) is 6.24. The van der Waals surface area contributed by atoms with Crippen molar-refractivity contribution < 1.29 is 14.3 Å². The van der Waals surface area contributed by atoms with E-state index in [1.165, 1.54) is 0 Å². The summed E-state index contributed by atoms with van der Waals surface area (Å²) < 4.78 is 10.8. The summed E-state index contributed by atoms with van der Waals surface area (Å²) in [6.45, 7) is 4.33. The highest BCUT2D eigenvalue weighted by Gasteiger charge is 2.24. The molecule has 0 radical (unpaired) electrons. The number of carbonyl (C=O) groups excluding carboxylic acids is 1. The molecule has 1 aliphatic heterocycles. The van der Waals surface area contributed by atoms with Crippen molar-refractivity contribution in [1.82, 2.24) is 20.4 Å². The maximum absolute atomic E-state index is 12.8. The van der Waals surface area contributed by atoms with Gasteiger partial charge in [-0.05, 0) is 37.4 Å². The van der Waals surface area contributed by atoms with Crippen LogP contribution in [0.5, 0.6) is 5.75 Å². The van der Waals surface area contributed by atoms with Crippen molar-refractivity contribution in [3.05, 3.63) is 65.7 Å². The molecular formula is C24H34N4O3. The fourth-order valence-electron chi connectivity index (χ4n) is 3.86. The van der Waals surface area contributed by atoms with Gasteiger partial charge >= 0.3 is 6.03 Å². The Morgan fingerprint density at radius 3 is 2.35 bits per heavy atom. The van der Waals surface area contributed by atoms with Gasteiger partial charge in [0.05, 0.1) is 32.4 Å². The number of benzene rings is 2. The number of hydrogen-bond acceptors (Lipinski definition) is 5. The molecule has 2 N–H and O–H groups in total. The van der Waals surface area contributed by atoms with Crippen LogP contribution in [0.25, 0.3) is 0 Å². The molecule has 0 bridgehead atoms. The third-order valence-electron chi connectivity index (χ3n) is 5.50. The van der Waals surface area contributed by atoms with Crippen LogP contribution in [0.1, 0.15) is 23.2 Å². The Labute approximate surface area is 185 Å². The second-order valence-corrected chi connectivity index (χ2v) is 8.02. The first-order chi connectivity index (χ1) is 15.1. The fraction of sp³-hybridized carbons (Fsp3) is 0.458. The van der Waals surface area contributed by atoms with Crippen molar-refractivity contribution in [2.24, 2.45) is 0 Å². The van der Waals surface area contributed by atoms with Crippen LogP contribution in [-0.4, -0.2) is 76.4 Å². The number of methoxy groups -OCH3 is 1. The van der Waals surface area contributed by atoms with E-state index in [9.17, 15) is 4.79 Å². The third kappa shape index (κ3) is 6.95. The van der Waals surface area contributed by atoms with Gasteiger partial charge in [0.1, 0.15) is 5.75 Å². The number of ether oxygens (including phenoxy) is 2. The molecule has 1 fully saturated rings. The van der Waals surface area contributed by atoms with Crippen LogP contribution in [0.15, 0.2) is 54.6 Å². The fourth-order valence-corrected chi connectivity index (χ4v) is 3.86. The van der Waals surface area contributed by atoms with Gasteiger partial charge in [-0.25, -0.2) is 4.79 Å². The molecule has 7 nitrogen and oxygen atoms in total. The summed E-state index contributed by atoms with van der Waals surface area (Å²) in [6, 6.07) is 17.9. The second-order valence-electron chi connectivity index (χ2n) is 8.02. The standard InChI is InChI=1S/C24H34N4O3/c1-27(2)18-22(19-7-5-4-6-8-19)26-24(29)25-17-23(28-13-15-31-16-14-28)20-9-11-21(30-3)12-10-20/h4-12,22-23H,13-18H2,1-3H3,(H2,25,26,29). The maximum atomic E-state index is 12.8. The van der Waals surface area contributed by atoms with Crippen molar-refractivity contribution in [3.63, 3.8) is 0 Å². The van der Waals surface area contributed by atoms with Crippen LogP contribution >= 0.6 is 0 Å². The first-order valence-corrected chi connectivity index (χ1v) is 10.8. The zero-order chi connectivity index (χ0) is 22.1. The van der Waals surface area contributed by atoms with Gasteiger partial charge in [0.15, 0.2) is 0 Å². The molecule has 2 aromatic carbocycles. The smallest absolute Gasteiger partial charge is 0.315 e. The summed E-state index contributed by atoms with van der Waals surface area (Å²) >= 11 is 0. The summed E-state index contributed by atoms with van der Waals surface area (Å²) in [5.74, 6) is 0.824. The van der Waals surface area contributed by atoms with Crippen molar-refractivity contribution in [2.45, 2.75) is 12.1 Å². The highest BCUT2D eigenvalue weighted by atomic mass is 16.5. The van der Waals surface area contributed by atoms with E-state index in [-0.39, 0.29) is 18.1 Å². The highest BCUT2D eigenvalue weighted by molar-refractivity contribution is 5.74. The van der Waals surface area contributed by atoms with Crippen LogP contribution in [0, 0.1) is 0 Å². The Kier molecular flexibility index (Phi) is 8.70. The van der Waals surface area contributed by atoms with Crippen molar-refractivity contribution >= 4 is 6.03 Å². The lowest BCUT2D eigenvalue weighted by molar-refractivity contribution is 0.0167. The molecule has 0 aromatic heterocycles. The van der Waals surface area contributed by atoms with Crippen LogP contribution in [0.3, 0.4) is 0 Å². The van der Waals surface area contributed by atoms with Crippen molar-refractivity contribution in [2.75, 3.05) is 60.6 Å². The number of hydrogen-bond donors (Lipinski definition) is 2. The largest absolute Gasteiger partial charge is 0.497 e. The normalized spacial score (nSPS) is 16.5. The van der Waals surface area contributed by atoms with E-state index in [1.807, 2.05) is 56.6 Å². The average Bonchev–Trinajstić information content (AvgIpc) is 2.80. The van der Waals surface area contributed by atoms with Crippen LogP contribution in [0.4, 0.5) is 4.79 Å². The van der Waals surface area contributed by atoms with Gasteiger partial charge in [-0.15, -0.1) is 0 Å². The SMILES string of the molecule is COc1ccc(C(CNC(=O)NC(CN(C)C)c2ccccc2)N2CCOCC2)cc1. The summed E-state index contributed by atoms with van der Waals surface area (Å²) in [7, 11) is 5.68. The molecule has 2 unspecified atom stereocenters. The molecule has 3 rings (SSSR count). The molecule has 0 saturated carbocycles. The molecular weight excluding hydrogens is 392 g/mol. The summed E-state index contributed by atoms with van der Waals surface area (Å²) in [4.78, 5) is 17.3. The minimum absolute atomic E-state index is 0.0737. The Bertz CT molecular complexity index is 792. The van der Waals surface area contributed by atoms with Gasteiger partial charge in [0, 0.05) is 26.2 Å². The molecule has 31 heavy (non-hydrogen) atoms. The molecule has 2 atom stereocenters.